The molecule has 0 saturated carbocycles. The van der Waals surface area contributed by atoms with Crippen LogP contribution in [0, 0.1) is 12.8 Å². The van der Waals surface area contributed by atoms with Crippen LogP contribution in [0.2, 0.25) is 0 Å². The van der Waals surface area contributed by atoms with Gasteiger partial charge in [-0.05, 0) is 17.9 Å². The highest BCUT2D eigenvalue weighted by molar-refractivity contribution is 5.12. The zero-order chi connectivity index (χ0) is 9.14. The molecule has 0 spiro atoms. The van der Waals surface area contributed by atoms with Crippen LogP contribution < -0.4 is 4.57 Å². The molecule has 0 atom stereocenters. The maximum atomic E-state index is 2.26. The molecule has 0 saturated heterocycles. The summed E-state index contributed by atoms with van der Waals surface area (Å²) in [5.74, 6) is 0.747. The van der Waals surface area contributed by atoms with Gasteiger partial charge in [-0.2, -0.15) is 0 Å². The number of pyridine rings is 1. The Balaban J connectivity index is 2.82. The molecule has 0 radical (unpaired) electrons. The predicted molar refractivity (Wildman–Crippen MR) is 50.9 cm³/mol. The van der Waals surface area contributed by atoms with E-state index in [2.05, 4.69) is 50.7 Å². The molecule has 0 aromatic carbocycles. The molecule has 0 fully saturated rings. The van der Waals surface area contributed by atoms with Gasteiger partial charge < -0.3 is 0 Å². The summed E-state index contributed by atoms with van der Waals surface area (Å²) in [5, 5.41) is 0. The van der Waals surface area contributed by atoms with Crippen molar-refractivity contribution in [3.63, 3.8) is 0 Å². The molecule has 0 N–H and O–H groups in total. The second kappa shape index (κ2) is 3.70. The van der Waals surface area contributed by atoms with Crippen molar-refractivity contribution in [2.45, 2.75) is 27.2 Å². The Morgan fingerprint density at radius 3 is 2.58 bits per heavy atom. The largest absolute Gasteiger partial charge is 0.205 e. The van der Waals surface area contributed by atoms with Crippen LogP contribution in [-0.2, 0) is 13.5 Å². The van der Waals surface area contributed by atoms with Crippen molar-refractivity contribution in [2.75, 3.05) is 0 Å². The SMILES string of the molecule is Cc1cc(CC(C)C)cc[n+]1C. The van der Waals surface area contributed by atoms with Crippen LogP contribution >= 0.6 is 0 Å². The Morgan fingerprint density at radius 2 is 2.08 bits per heavy atom. The molecule has 66 valence electrons. The minimum Gasteiger partial charge on any atom is -0.205 e. The first kappa shape index (κ1) is 9.24. The number of rotatable bonds is 2. The fourth-order valence-corrected chi connectivity index (χ4v) is 1.34. The Morgan fingerprint density at radius 1 is 1.42 bits per heavy atom. The van der Waals surface area contributed by atoms with Crippen LogP contribution in [0.3, 0.4) is 0 Å². The monoisotopic (exact) mass is 164 g/mol. The molecule has 0 aliphatic rings. The lowest BCUT2D eigenvalue weighted by atomic mass is 10.0. The standard InChI is InChI=1S/C11H18N/c1-9(2)7-11-5-6-12(4)10(3)8-11/h5-6,8-9H,7H2,1-4H3/q+1. The number of nitrogens with zero attached hydrogens (tertiary/aromatic N) is 1. The quantitative estimate of drug-likeness (QED) is 0.589. The lowest BCUT2D eigenvalue weighted by molar-refractivity contribution is -0.677. The maximum absolute atomic E-state index is 2.26. The van der Waals surface area contributed by atoms with Gasteiger partial charge in [0.2, 0.25) is 0 Å². The van der Waals surface area contributed by atoms with Gasteiger partial charge in [-0.25, -0.2) is 4.57 Å². The summed E-state index contributed by atoms with van der Waals surface area (Å²) in [6.07, 6.45) is 3.31. The fraction of sp³-hybridized carbons (Fsp3) is 0.545. The van der Waals surface area contributed by atoms with E-state index in [4.69, 9.17) is 0 Å². The van der Waals surface area contributed by atoms with Crippen LogP contribution in [-0.4, -0.2) is 0 Å². The molecule has 0 aliphatic carbocycles. The number of hydrogen-bond acceptors (Lipinski definition) is 0. The Kier molecular flexibility index (Phi) is 2.85. The highest BCUT2D eigenvalue weighted by Gasteiger charge is 2.03. The first-order valence-corrected chi connectivity index (χ1v) is 4.54. The number of hydrogen-bond donors (Lipinski definition) is 0. The molecular formula is C11H18N+. The maximum Gasteiger partial charge on any atom is 0.178 e. The lowest BCUT2D eigenvalue weighted by Gasteiger charge is -2.03. The van der Waals surface area contributed by atoms with E-state index in [-0.39, 0.29) is 0 Å². The molecule has 0 aliphatic heterocycles. The van der Waals surface area contributed by atoms with Crippen LogP contribution in [0.15, 0.2) is 18.3 Å². The summed E-state index contributed by atoms with van der Waals surface area (Å²) < 4.78 is 2.14. The molecular weight excluding hydrogens is 146 g/mol. The lowest BCUT2D eigenvalue weighted by Crippen LogP contribution is -2.31. The third-order valence-electron chi connectivity index (χ3n) is 2.11. The van der Waals surface area contributed by atoms with Gasteiger partial charge in [-0.1, -0.05) is 13.8 Å². The molecule has 0 amide bonds. The summed E-state index contributed by atoms with van der Waals surface area (Å²) in [5.41, 5.74) is 2.77. The van der Waals surface area contributed by atoms with Gasteiger partial charge in [0.1, 0.15) is 7.05 Å². The zero-order valence-electron chi connectivity index (χ0n) is 8.46. The van der Waals surface area contributed by atoms with Gasteiger partial charge in [-0.15, -0.1) is 0 Å². The first-order valence-electron chi connectivity index (χ1n) is 4.54. The van der Waals surface area contributed by atoms with E-state index < -0.39 is 0 Å². The van der Waals surface area contributed by atoms with Gasteiger partial charge in [0.15, 0.2) is 11.9 Å². The minimum absolute atomic E-state index is 0.747. The average Bonchev–Trinajstić information content (AvgIpc) is 1.96. The second-order valence-electron chi connectivity index (χ2n) is 3.89. The highest BCUT2D eigenvalue weighted by atomic mass is 14.9. The van der Waals surface area contributed by atoms with Crippen LogP contribution in [0.1, 0.15) is 25.1 Å². The fourth-order valence-electron chi connectivity index (χ4n) is 1.34. The molecule has 0 bridgehead atoms. The molecule has 1 heterocycles. The average molecular weight is 164 g/mol. The van der Waals surface area contributed by atoms with Crippen molar-refractivity contribution in [2.24, 2.45) is 13.0 Å². The van der Waals surface area contributed by atoms with Crippen molar-refractivity contribution in [3.8, 4) is 0 Å². The molecule has 0 unspecified atom stereocenters. The molecule has 1 heteroatoms. The zero-order valence-corrected chi connectivity index (χ0v) is 8.46. The molecule has 1 rings (SSSR count). The van der Waals surface area contributed by atoms with Crippen molar-refractivity contribution < 1.29 is 4.57 Å². The van der Waals surface area contributed by atoms with Crippen LogP contribution in [0.4, 0.5) is 0 Å². The number of aromatic nitrogens is 1. The summed E-state index contributed by atoms with van der Waals surface area (Å²) in [4.78, 5) is 0. The Hall–Kier alpha value is -0.850. The van der Waals surface area contributed by atoms with Gasteiger partial charge >= 0.3 is 0 Å². The molecule has 12 heavy (non-hydrogen) atoms. The summed E-state index contributed by atoms with van der Waals surface area (Å²) in [6, 6.07) is 4.47. The minimum atomic E-state index is 0.747. The summed E-state index contributed by atoms with van der Waals surface area (Å²) in [7, 11) is 2.08. The Bertz CT molecular complexity index is 264. The highest BCUT2D eigenvalue weighted by Crippen LogP contribution is 2.06. The molecule has 1 nitrogen and oxygen atoms in total. The normalized spacial score (nSPS) is 10.8. The summed E-state index contributed by atoms with van der Waals surface area (Å²) in [6.45, 7) is 6.65. The van der Waals surface area contributed by atoms with Crippen molar-refractivity contribution in [1.82, 2.24) is 0 Å². The van der Waals surface area contributed by atoms with E-state index in [0.717, 1.165) is 5.92 Å². The van der Waals surface area contributed by atoms with E-state index in [1.54, 1.807) is 0 Å². The van der Waals surface area contributed by atoms with Gasteiger partial charge in [0, 0.05) is 19.1 Å². The number of aryl methyl sites for hydroxylation is 2. The Labute approximate surface area is 75.1 Å². The van der Waals surface area contributed by atoms with Crippen molar-refractivity contribution in [1.29, 1.82) is 0 Å². The molecule has 1 aromatic heterocycles. The molecule has 1 aromatic rings. The van der Waals surface area contributed by atoms with Gasteiger partial charge in [0.05, 0.1) is 0 Å². The summed E-state index contributed by atoms with van der Waals surface area (Å²) >= 11 is 0. The second-order valence-corrected chi connectivity index (χ2v) is 3.89. The predicted octanol–water partition coefficient (Wildman–Crippen LogP) is 2.02. The third kappa shape index (κ3) is 2.33. The van der Waals surface area contributed by atoms with E-state index in [1.807, 2.05) is 0 Å². The van der Waals surface area contributed by atoms with Gasteiger partial charge in [0.25, 0.3) is 0 Å². The van der Waals surface area contributed by atoms with E-state index >= 15 is 0 Å². The smallest absolute Gasteiger partial charge is 0.178 e. The van der Waals surface area contributed by atoms with Crippen LogP contribution in [0.25, 0.3) is 0 Å². The van der Waals surface area contributed by atoms with E-state index in [9.17, 15) is 0 Å². The van der Waals surface area contributed by atoms with Crippen molar-refractivity contribution >= 4 is 0 Å². The first-order chi connectivity index (χ1) is 5.59. The van der Waals surface area contributed by atoms with Crippen LogP contribution in [0.5, 0.6) is 0 Å². The van der Waals surface area contributed by atoms with Gasteiger partial charge in [-0.3, -0.25) is 0 Å². The van der Waals surface area contributed by atoms with E-state index in [1.165, 1.54) is 17.7 Å². The van der Waals surface area contributed by atoms with Crippen molar-refractivity contribution in [3.05, 3.63) is 29.6 Å². The topological polar surface area (TPSA) is 3.88 Å². The van der Waals surface area contributed by atoms with E-state index in [0.29, 0.717) is 0 Å². The third-order valence-corrected chi connectivity index (χ3v) is 2.11.